The van der Waals surface area contributed by atoms with Crippen LogP contribution in [0.25, 0.3) is 22.5 Å². The summed E-state index contributed by atoms with van der Waals surface area (Å²) in [6.07, 6.45) is 31.7. The second kappa shape index (κ2) is 16.2. The van der Waals surface area contributed by atoms with E-state index in [1.54, 1.807) is 0 Å². The molecule has 0 bridgehead atoms. The van der Waals surface area contributed by atoms with E-state index in [0.717, 1.165) is 72.7 Å². The van der Waals surface area contributed by atoms with Gasteiger partial charge in [-0.05, 0) is 17.7 Å². The SMILES string of the molecule is C#Cc1ccc([C](=[Co])C2=N/C(=C(/c3ccc(C#C)cc3)c3ccc(/C(=C4/C=CC(C(=C(\[NH-])C=[CH-])/c5ccc(C#C)cc5)=N4)c4ccc(C#C)cc4)[nH]3)C=C2)cc1. The van der Waals surface area contributed by atoms with Crippen LogP contribution < -0.4 is 0 Å². The third-order valence-corrected chi connectivity index (χ3v) is 9.80. The van der Waals surface area contributed by atoms with Crippen molar-refractivity contribution in [3.8, 4) is 49.4 Å². The summed E-state index contributed by atoms with van der Waals surface area (Å²) in [7, 11) is 0. The van der Waals surface area contributed by atoms with Crippen molar-refractivity contribution in [3.05, 3.63) is 225 Å². The molecule has 4 aromatic carbocycles. The zero-order valence-corrected chi connectivity index (χ0v) is 30.9. The van der Waals surface area contributed by atoms with Crippen LogP contribution in [-0.2, 0) is 15.3 Å². The molecule has 5 aromatic rings. The summed E-state index contributed by atoms with van der Waals surface area (Å²) in [4.78, 5) is 13.8. The summed E-state index contributed by atoms with van der Waals surface area (Å²) < 4.78 is 0.717. The second-order valence-corrected chi connectivity index (χ2v) is 13.1. The van der Waals surface area contributed by atoms with Crippen LogP contribution in [0.4, 0.5) is 0 Å². The Balaban J connectivity index is 1.37. The van der Waals surface area contributed by atoms with Gasteiger partial charge in [0.2, 0.25) is 0 Å². The number of hydrogen-bond donors (Lipinski definition) is 1. The van der Waals surface area contributed by atoms with Gasteiger partial charge in [0.1, 0.15) is 0 Å². The summed E-state index contributed by atoms with van der Waals surface area (Å²) in [6.45, 7) is 5.90. The Hall–Kier alpha value is -7.64. The molecule has 0 aliphatic carbocycles. The molecule has 4 nitrogen and oxygen atoms in total. The van der Waals surface area contributed by atoms with Gasteiger partial charge in [0, 0.05) is 11.1 Å². The third kappa shape index (κ3) is 7.42. The molecule has 265 valence electrons. The van der Waals surface area contributed by atoms with E-state index < -0.39 is 0 Å². The molecule has 7 rings (SSSR count). The number of allylic oxidation sites excluding steroid dienone is 6. The molecule has 0 unspecified atom stereocenters. The predicted molar refractivity (Wildman–Crippen MR) is 228 cm³/mol. The zero-order chi connectivity index (χ0) is 39.2. The average molecular weight is 758 g/mol. The summed E-state index contributed by atoms with van der Waals surface area (Å²) in [5, 5.41) is 0. The number of benzene rings is 4. The summed E-state index contributed by atoms with van der Waals surface area (Å²) in [6, 6.07) is 34.7. The minimum absolute atomic E-state index is 0.132. The first-order valence-corrected chi connectivity index (χ1v) is 17.9. The molecule has 1 aromatic heterocycles. The number of aromatic amines is 1. The Morgan fingerprint density at radius 1 is 0.536 bits per heavy atom. The van der Waals surface area contributed by atoms with Crippen LogP contribution in [0.1, 0.15) is 55.9 Å². The van der Waals surface area contributed by atoms with E-state index in [-0.39, 0.29) is 5.70 Å². The Morgan fingerprint density at radius 2 is 0.911 bits per heavy atom. The van der Waals surface area contributed by atoms with Gasteiger partial charge < -0.3 is 5.73 Å². The Bertz CT molecular complexity index is 2820. The number of terminal acetylenes is 4. The molecule has 56 heavy (non-hydrogen) atoms. The van der Waals surface area contributed by atoms with E-state index in [9.17, 15) is 0 Å². The van der Waals surface area contributed by atoms with Crippen molar-refractivity contribution in [2.45, 2.75) is 0 Å². The monoisotopic (exact) mass is 757 g/mol. The van der Waals surface area contributed by atoms with E-state index >= 15 is 0 Å². The van der Waals surface area contributed by atoms with E-state index in [4.69, 9.17) is 63.3 Å². The van der Waals surface area contributed by atoms with Crippen LogP contribution in [0.2, 0.25) is 0 Å². The van der Waals surface area contributed by atoms with Crippen molar-refractivity contribution >= 4 is 32.6 Å². The minimum atomic E-state index is 0.132. The van der Waals surface area contributed by atoms with E-state index in [0.29, 0.717) is 27.1 Å². The van der Waals surface area contributed by atoms with Crippen molar-refractivity contribution in [2.75, 3.05) is 0 Å². The van der Waals surface area contributed by atoms with Crippen molar-refractivity contribution in [1.29, 1.82) is 0 Å². The number of aliphatic imine (C=N–C) groups is 2. The fourth-order valence-electron chi connectivity index (χ4n) is 6.40. The normalized spacial score (nSPS) is 15.0. The Kier molecular flexibility index (Phi) is 10.6. The molecule has 0 saturated carbocycles. The van der Waals surface area contributed by atoms with Crippen molar-refractivity contribution in [1.82, 2.24) is 4.98 Å². The maximum absolute atomic E-state index is 8.73. The number of aromatic nitrogens is 1. The second-order valence-electron chi connectivity index (χ2n) is 12.6. The summed E-state index contributed by atoms with van der Waals surface area (Å²) in [5.41, 5.74) is 22.0. The fraction of sp³-hybridized carbons (Fsp3) is 0. The van der Waals surface area contributed by atoms with Gasteiger partial charge in [0.05, 0.1) is 0 Å². The molecule has 0 radical (unpaired) electrons. The quantitative estimate of drug-likeness (QED) is 0.0885. The zero-order valence-electron chi connectivity index (χ0n) is 29.9. The molecule has 0 saturated heterocycles. The van der Waals surface area contributed by atoms with E-state index in [2.05, 4.69) is 28.7 Å². The molecule has 2 aliphatic rings. The van der Waals surface area contributed by atoms with Crippen molar-refractivity contribution < 1.29 is 15.3 Å². The van der Waals surface area contributed by atoms with Crippen LogP contribution in [0.3, 0.4) is 0 Å². The van der Waals surface area contributed by atoms with E-state index in [1.165, 1.54) is 6.08 Å². The molecular formula is C51H30CoN4-2. The van der Waals surface area contributed by atoms with Crippen LogP contribution in [-0.4, -0.2) is 20.9 Å². The standard InChI is InChI=1S/C51H30N4.Co/c1-6-34-11-13-38(14-12-34)33-42-27-28-45(53-42)50(40-23-17-36(8-3)18-24-40)46-31-32-48(55-46)51(41-25-19-37(9-4)20-26-41)47-30-29-44(54-47)49(43(52)10-5)39-21-15-35(7-2)16-22-39;/h1-5,10-32,52,55H;/q-2;/b49-43-,50-45-,51-47-;. The van der Waals surface area contributed by atoms with Crippen LogP contribution in [0.5, 0.6) is 0 Å². The topological polar surface area (TPSA) is 64.3 Å². The van der Waals surface area contributed by atoms with Gasteiger partial charge in [-0.25, -0.2) is 0 Å². The molecule has 0 fully saturated rings. The molecule has 2 aliphatic heterocycles. The number of rotatable bonds is 9. The Morgan fingerprint density at radius 3 is 1.32 bits per heavy atom. The number of H-pyrrole nitrogens is 1. The van der Waals surface area contributed by atoms with Gasteiger partial charge in [0.25, 0.3) is 0 Å². The molecule has 0 amide bonds. The predicted octanol–water partition coefficient (Wildman–Crippen LogP) is 9.70. The van der Waals surface area contributed by atoms with Gasteiger partial charge in [0.15, 0.2) is 0 Å². The number of nitrogens with one attached hydrogen (secondary N) is 2. The van der Waals surface area contributed by atoms with Crippen LogP contribution in [0, 0.1) is 56.0 Å². The van der Waals surface area contributed by atoms with Gasteiger partial charge in [-0.2, -0.15) is 0 Å². The fourth-order valence-corrected chi connectivity index (χ4v) is 6.72. The maximum atomic E-state index is 8.73. The number of nitrogens with zero attached hydrogens (tertiary/aromatic N) is 2. The summed E-state index contributed by atoms with van der Waals surface area (Å²) >= 11 is 4.92. The molecule has 2 N–H and O–H groups in total. The molecule has 3 heterocycles. The van der Waals surface area contributed by atoms with Gasteiger partial charge >= 0.3 is 242 Å². The van der Waals surface area contributed by atoms with Gasteiger partial charge in [-0.15, -0.1) is 12.8 Å². The van der Waals surface area contributed by atoms with Gasteiger partial charge in [-0.1, -0.05) is 29.5 Å². The molecule has 0 atom stereocenters. The number of hydrogen-bond acceptors (Lipinski definition) is 2. The van der Waals surface area contributed by atoms with Crippen LogP contribution in [0.15, 0.2) is 167 Å². The van der Waals surface area contributed by atoms with Crippen molar-refractivity contribution in [3.63, 3.8) is 0 Å². The summed E-state index contributed by atoms with van der Waals surface area (Å²) in [5.74, 6) is 10.7. The average Bonchev–Trinajstić information content (AvgIpc) is 4.05. The third-order valence-electron chi connectivity index (χ3n) is 9.24. The van der Waals surface area contributed by atoms with Gasteiger partial charge in [-0.3, -0.25) is 18.4 Å². The van der Waals surface area contributed by atoms with Crippen LogP contribution >= 0.6 is 0 Å². The van der Waals surface area contributed by atoms with E-state index in [1.807, 2.05) is 133 Å². The first-order valence-electron chi connectivity index (χ1n) is 17.4. The molecule has 5 heteroatoms. The molecular weight excluding hydrogens is 728 g/mol. The molecule has 0 spiro atoms. The first kappa shape index (κ1) is 36.7. The Labute approximate surface area is 335 Å². The first-order chi connectivity index (χ1) is 27.3. The van der Waals surface area contributed by atoms with Crippen molar-refractivity contribution in [2.24, 2.45) is 9.98 Å².